The molecule has 0 aliphatic heterocycles. The van der Waals surface area contributed by atoms with Crippen LogP contribution < -0.4 is 14.8 Å². The number of nitrogens with one attached hydrogen (secondary N) is 1. The van der Waals surface area contributed by atoms with Crippen LogP contribution >= 0.6 is 27.3 Å². The van der Waals surface area contributed by atoms with Crippen molar-refractivity contribution in [2.24, 2.45) is 0 Å². The van der Waals surface area contributed by atoms with Gasteiger partial charge in [-0.25, -0.2) is 4.98 Å². The maximum absolute atomic E-state index is 5.42. The van der Waals surface area contributed by atoms with Gasteiger partial charge in [0, 0.05) is 21.1 Å². The summed E-state index contributed by atoms with van der Waals surface area (Å²) in [6.45, 7) is 0. The third-order valence-corrected chi connectivity index (χ3v) is 4.57. The first-order valence-corrected chi connectivity index (χ1v) is 8.57. The molecule has 0 atom stereocenters. The Hall–Kier alpha value is -2.05. The molecule has 118 valence electrons. The summed E-state index contributed by atoms with van der Waals surface area (Å²) in [5, 5.41) is 6.13. The van der Waals surface area contributed by atoms with Crippen molar-refractivity contribution < 1.29 is 9.47 Å². The Bertz CT molecular complexity index is 803. The van der Waals surface area contributed by atoms with Crippen molar-refractivity contribution >= 4 is 38.1 Å². The van der Waals surface area contributed by atoms with E-state index in [-0.39, 0.29) is 0 Å². The molecule has 6 heteroatoms. The van der Waals surface area contributed by atoms with E-state index in [4.69, 9.17) is 9.47 Å². The third kappa shape index (κ3) is 3.65. The molecule has 4 nitrogen and oxygen atoms in total. The van der Waals surface area contributed by atoms with Crippen LogP contribution in [-0.4, -0.2) is 19.2 Å². The zero-order chi connectivity index (χ0) is 16.2. The maximum atomic E-state index is 5.42. The number of ether oxygens (including phenoxy) is 2. The minimum atomic E-state index is 0.770. The second-order valence-electron chi connectivity index (χ2n) is 4.74. The van der Waals surface area contributed by atoms with Gasteiger partial charge in [0.05, 0.1) is 19.9 Å². The highest BCUT2D eigenvalue weighted by molar-refractivity contribution is 9.10. The molecule has 1 aromatic heterocycles. The van der Waals surface area contributed by atoms with E-state index in [1.54, 1.807) is 25.6 Å². The summed E-state index contributed by atoms with van der Waals surface area (Å²) in [4.78, 5) is 4.64. The largest absolute Gasteiger partial charge is 0.497 e. The Balaban J connectivity index is 1.88. The lowest BCUT2D eigenvalue weighted by Crippen LogP contribution is -1.92. The van der Waals surface area contributed by atoms with E-state index in [0.29, 0.717) is 0 Å². The van der Waals surface area contributed by atoms with Crippen molar-refractivity contribution in [3.63, 3.8) is 0 Å². The van der Waals surface area contributed by atoms with Gasteiger partial charge in [-0.05, 0) is 42.5 Å². The van der Waals surface area contributed by atoms with Crippen molar-refractivity contribution in [2.75, 3.05) is 19.5 Å². The first-order valence-electron chi connectivity index (χ1n) is 6.90. The van der Waals surface area contributed by atoms with E-state index in [9.17, 15) is 0 Å². The average molecular weight is 391 g/mol. The standard InChI is InChI=1S/C17H15BrN2O2S/c1-21-13-7-8-16(22-2)14(9-13)15-10-23-17(20-15)19-12-5-3-11(18)4-6-12/h3-10H,1-2H3,(H,19,20). The molecule has 0 radical (unpaired) electrons. The lowest BCUT2D eigenvalue weighted by Gasteiger charge is -2.08. The molecule has 0 spiro atoms. The van der Waals surface area contributed by atoms with Crippen molar-refractivity contribution in [3.8, 4) is 22.8 Å². The molecule has 0 bridgehead atoms. The Kier molecular flexibility index (Phi) is 4.83. The molecule has 0 aliphatic carbocycles. The van der Waals surface area contributed by atoms with Gasteiger partial charge in [-0.15, -0.1) is 11.3 Å². The Morgan fingerprint density at radius 3 is 2.52 bits per heavy atom. The first-order chi connectivity index (χ1) is 11.2. The Morgan fingerprint density at radius 2 is 1.83 bits per heavy atom. The number of benzene rings is 2. The zero-order valence-electron chi connectivity index (χ0n) is 12.7. The molecule has 3 aromatic rings. The SMILES string of the molecule is COc1ccc(OC)c(-c2csc(Nc3ccc(Br)cc3)n2)c1. The van der Waals surface area contributed by atoms with Gasteiger partial charge in [0.25, 0.3) is 0 Å². The van der Waals surface area contributed by atoms with E-state index >= 15 is 0 Å². The number of halogens is 1. The van der Waals surface area contributed by atoms with Crippen LogP contribution in [0.2, 0.25) is 0 Å². The van der Waals surface area contributed by atoms with Gasteiger partial charge in [-0.2, -0.15) is 0 Å². The number of anilines is 2. The summed E-state index contributed by atoms with van der Waals surface area (Å²) in [6, 6.07) is 13.7. The molecule has 0 unspecified atom stereocenters. The minimum Gasteiger partial charge on any atom is -0.497 e. The van der Waals surface area contributed by atoms with E-state index in [2.05, 4.69) is 26.2 Å². The Morgan fingerprint density at radius 1 is 1.04 bits per heavy atom. The van der Waals surface area contributed by atoms with E-state index in [1.165, 1.54) is 0 Å². The molecule has 1 heterocycles. The Labute approximate surface area is 147 Å². The molecule has 0 saturated heterocycles. The van der Waals surface area contributed by atoms with Crippen LogP contribution in [0, 0.1) is 0 Å². The summed E-state index contributed by atoms with van der Waals surface area (Å²) in [6.07, 6.45) is 0. The lowest BCUT2D eigenvalue weighted by atomic mass is 10.1. The predicted octanol–water partition coefficient (Wildman–Crippen LogP) is 5.33. The second kappa shape index (κ2) is 7.02. The van der Waals surface area contributed by atoms with Crippen molar-refractivity contribution in [3.05, 3.63) is 52.3 Å². The van der Waals surface area contributed by atoms with Crippen LogP contribution in [0.25, 0.3) is 11.3 Å². The lowest BCUT2D eigenvalue weighted by molar-refractivity contribution is 0.404. The number of hydrogen-bond donors (Lipinski definition) is 1. The fourth-order valence-corrected chi connectivity index (χ4v) is 3.12. The molecular weight excluding hydrogens is 376 g/mol. The fourth-order valence-electron chi connectivity index (χ4n) is 2.13. The van der Waals surface area contributed by atoms with Gasteiger partial charge < -0.3 is 14.8 Å². The maximum Gasteiger partial charge on any atom is 0.187 e. The third-order valence-electron chi connectivity index (χ3n) is 3.28. The monoisotopic (exact) mass is 390 g/mol. The molecule has 23 heavy (non-hydrogen) atoms. The van der Waals surface area contributed by atoms with Crippen LogP contribution in [0.15, 0.2) is 52.3 Å². The van der Waals surface area contributed by atoms with Gasteiger partial charge in [-0.1, -0.05) is 15.9 Å². The van der Waals surface area contributed by atoms with Crippen LogP contribution in [0.1, 0.15) is 0 Å². The van der Waals surface area contributed by atoms with Gasteiger partial charge in [0.15, 0.2) is 5.13 Å². The van der Waals surface area contributed by atoms with Gasteiger partial charge in [-0.3, -0.25) is 0 Å². The number of thiazole rings is 1. The highest BCUT2D eigenvalue weighted by atomic mass is 79.9. The van der Waals surface area contributed by atoms with E-state index in [1.807, 2.05) is 47.8 Å². The quantitative estimate of drug-likeness (QED) is 0.638. The molecule has 2 aromatic carbocycles. The molecule has 0 saturated carbocycles. The number of nitrogens with zero attached hydrogens (tertiary/aromatic N) is 1. The minimum absolute atomic E-state index is 0.770. The molecular formula is C17H15BrN2O2S. The van der Waals surface area contributed by atoms with Crippen LogP contribution in [0.4, 0.5) is 10.8 Å². The zero-order valence-corrected chi connectivity index (χ0v) is 15.1. The van der Waals surface area contributed by atoms with E-state index in [0.717, 1.165) is 38.0 Å². The summed E-state index contributed by atoms with van der Waals surface area (Å²) in [5.74, 6) is 1.54. The number of aromatic nitrogens is 1. The van der Waals surface area contributed by atoms with Crippen LogP contribution in [0.3, 0.4) is 0 Å². The summed E-state index contributed by atoms with van der Waals surface area (Å²) in [5.41, 5.74) is 2.75. The van der Waals surface area contributed by atoms with Crippen molar-refractivity contribution in [2.45, 2.75) is 0 Å². The fraction of sp³-hybridized carbons (Fsp3) is 0.118. The van der Waals surface area contributed by atoms with Gasteiger partial charge in [0.2, 0.25) is 0 Å². The highest BCUT2D eigenvalue weighted by Crippen LogP contribution is 2.35. The summed E-state index contributed by atoms with van der Waals surface area (Å²) >= 11 is 4.97. The van der Waals surface area contributed by atoms with E-state index < -0.39 is 0 Å². The molecule has 1 N–H and O–H groups in total. The molecule has 0 aliphatic rings. The summed E-state index contributed by atoms with van der Waals surface area (Å²) in [7, 11) is 3.30. The topological polar surface area (TPSA) is 43.4 Å². The van der Waals surface area contributed by atoms with Crippen LogP contribution in [-0.2, 0) is 0 Å². The summed E-state index contributed by atoms with van der Waals surface area (Å²) < 4.78 is 11.8. The molecule has 3 rings (SSSR count). The average Bonchev–Trinajstić information content (AvgIpc) is 3.04. The van der Waals surface area contributed by atoms with Crippen molar-refractivity contribution in [1.29, 1.82) is 0 Å². The van der Waals surface area contributed by atoms with Gasteiger partial charge in [0.1, 0.15) is 11.5 Å². The van der Waals surface area contributed by atoms with Crippen LogP contribution in [0.5, 0.6) is 11.5 Å². The van der Waals surface area contributed by atoms with Gasteiger partial charge >= 0.3 is 0 Å². The molecule has 0 amide bonds. The normalized spacial score (nSPS) is 10.4. The second-order valence-corrected chi connectivity index (χ2v) is 6.51. The van der Waals surface area contributed by atoms with Crippen molar-refractivity contribution in [1.82, 2.24) is 4.98 Å². The number of rotatable bonds is 5. The predicted molar refractivity (Wildman–Crippen MR) is 98.1 cm³/mol. The number of hydrogen-bond acceptors (Lipinski definition) is 5. The number of methoxy groups -OCH3 is 2. The highest BCUT2D eigenvalue weighted by Gasteiger charge is 2.11. The molecule has 0 fully saturated rings. The smallest absolute Gasteiger partial charge is 0.187 e. The first kappa shape index (κ1) is 15.8.